The van der Waals surface area contributed by atoms with Crippen LogP contribution in [0.4, 0.5) is 0 Å². The van der Waals surface area contributed by atoms with Crippen molar-refractivity contribution < 1.29 is 14.3 Å². The minimum atomic E-state index is -0.150. The Kier molecular flexibility index (Phi) is 8.78. The molecule has 1 unspecified atom stereocenters. The van der Waals surface area contributed by atoms with Crippen LogP contribution >= 0.6 is 11.8 Å². The van der Waals surface area contributed by atoms with E-state index in [0.717, 1.165) is 33.9 Å². The fraction of sp³-hybridized carbons (Fsp3) is 0.156. The van der Waals surface area contributed by atoms with E-state index in [4.69, 9.17) is 9.47 Å². The van der Waals surface area contributed by atoms with Crippen LogP contribution in [-0.2, 0) is 11.2 Å². The molecule has 5 rings (SSSR count). The number of carbonyl (C=O) groups excluding carboxylic acids is 1. The molecule has 0 aliphatic carbocycles. The summed E-state index contributed by atoms with van der Waals surface area (Å²) in [5.41, 5.74) is 3.93. The van der Waals surface area contributed by atoms with Crippen molar-refractivity contribution in [2.24, 2.45) is 0 Å². The third-order valence-electron chi connectivity index (χ3n) is 6.44. The van der Waals surface area contributed by atoms with Crippen LogP contribution in [0.2, 0.25) is 0 Å². The predicted molar refractivity (Wildman–Crippen MR) is 158 cm³/mol. The Balaban J connectivity index is 1.39. The molecule has 1 heterocycles. The summed E-state index contributed by atoms with van der Waals surface area (Å²) in [5, 5.41) is 12.8. The lowest BCUT2D eigenvalue weighted by Crippen LogP contribution is -2.31. The number of aromatic nitrogens is 3. The number of nitrogens with one attached hydrogen (secondary N) is 1. The molecule has 1 amide bonds. The molecule has 0 aliphatic rings. The number of hydrogen-bond acceptors (Lipinski definition) is 6. The van der Waals surface area contributed by atoms with E-state index in [1.54, 1.807) is 14.2 Å². The molecule has 202 valence electrons. The Hall–Kier alpha value is -4.56. The molecule has 0 aliphatic heterocycles. The number of hydrogen-bond donors (Lipinski definition) is 1. The van der Waals surface area contributed by atoms with Crippen molar-refractivity contribution in [2.45, 2.75) is 17.6 Å². The average molecular weight is 551 g/mol. The number of ether oxygens (including phenoxy) is 2. The van der Waals surface area contributed by atoms with Crippen LogP contribution < -0.4 is 14.8 Å². The number of carbonyl (C=O) groups is 1. The van der Waals surface area contributed by atoms with E-state index in [9.17, 15) is 4.79 Å². The highest BCUT2D eigenvalue weighted by Crippen LogP contribution is 2.30. The Morgan fingerprint density at radius 2 is 1.52 bits per heavy atom. The zero-order valence-electron chi connectivity index (χ0n) is 22.4. The summed E-state index contributed by atoms with van der Waals surface area (Å²) >= 11 is 1.34. The second-order valence-electron chi connectivity index (χ2n) is 9.08. The number of rotatable bonds is 11. The van der Waals surface area contributed by atoms with Gasteiger partial charge in [0.25, 0.3) is 0 Å². The molecule has 5 aromatic rings. The van der Waals surface area contributed by atoms with Gasteiger partial charge in [-0.2, -0.15) is 0 Å². The first kappa shape index (κ1) is 27.0. The van der Waals surface area contributed by atoms with Crippen LogP contribution in [-0.4, -0.2) is 40.6 Å². The third kappa shape index (κ3) is 6.52. The van der Waals surface area contributed by atoms with E-state index in [0.29, 0.717) is 17.4 Å². The van der Waals surface area contributed by atoms with Gasteiger partial charge in [-0.15, -0.1) is 10.2 Å². The second kappa shape index (κ2) is 13.0. The van der Waals surface area contributed by atoms with Crippen molar-refractivity contribution in [2.75, 3.05) is 20.0 Å². The molecule has 0 saturated carbocycles. The lowest BCUT2D eigenvalue weighted by molar-refractivity contribution is -0.119. The van der Waals surface area contributed by atoms with E-state index in [1.165, 1.54) is 11.8 Å². The summed E-state index contributed by atoms with van der Waals surface area (Å²) < 4.78 is 12.7. The first-order valence-electron chi connectivity index (χ1n) is 12.9. The zero-order valence-corrected chi connectivity index (χ0v) is 23.2. The topological polar surface area (TPSA) is 78.3 Å². The van der Waals surface area contributed by atoms with Gasteiger partial charge in [0, 0.05) is 11.3 Å². The molecule has 0 spiro atoms. The smallest absolute Gasteiger partial charge is 0.230 e. The normalized spacial score (nSPS) is 11.6. The van der Waals surface area contributed by atoms with Crippen molar-refractivity contribution in [3.63, 3.8) is 0 Å². The number of methoxy groups -OCH3 is 2. The highest BCUT2D eigenvalue weighted by atomic mass is 32.2. The van der Waals surface area contributed by atoms with Gasteiger partial charge < -0.3 is 14.8 Å². The van der Waals surface area contributed by atoms with Crippen LogP contribution in [0.5, 0.6) is 11.5 Å². The summed E-state index contributed by atoms with van der Waals surface area (Å²) in [6.07, 6.45) is 0.698. The van der Waals surface area contributed by atoms with Crippen molar-refractivity contribution >= 4 is 17.7 Å². The fourth-order valence-corrected chi connectivity index (χ4v) is 5.19. The lowest BCUT2D eigenvalue weighted by atomic mass is 9.99. The quantitative estimate of drug-likeness (QED) is 0.199. The summed E-state index contributed by atoms with van der Waals surface area (Å²) in [7, 11) is 3.27. The Morgan fingerprint density at radius 3 is 2.23 bits per heavy atom. The summed E-state index contributed by atoms with van der Waals surface area (Å²) in [5.74, 6) is 2.23. The highest BCUT2D eigenvalue weighted by Gasteiger charge is 2.20. The number of amides is 1. The number of benzene rings is 4. The van der Waals surface area contributed by atoms with Crippen LogP contribution in [0.25, 0.3) is 17.1 Å². The van der Waals surface area contributed by atoms with E-state index in [1.807, 2.05) is 102 Å². The van der Waals surface area contributed by atoms with E-state index in [-0.39, 0.29) is 17.7 Å². The van der Waals surface area contributed by atoms with Gasteiger partial charge in [0.05, 0.1) is 26.0 Å². The SMILES string of the molecule is COc1ccc(-n2c(SCC(=O)NC(Cc3ccccc3)c3ccccc3)nnc2-c2cccc(OC)c2)cc1. The maximum Gasteiger partial charge on any atom is 0.230 e. The monoisotopic (exact) mass is 550 g/mol. The molecule has 1 atom stereocenters. The van der Waals surface area contributed by atoms with Gasteiger partial charge in [-0.3, -0.25) is 9.36 Å². The van der Waals surface area contributed by atoms with Crippen molar-refractivity contribution in [3.8, 4) is 28.6 Å². The maximum absolute atomic E-state index is 13.3. The average Bonchev–Trinajstić information content (AvgIpc) is 3.45. The van der Waals surface area contributed by atoms with E-state index in [2.05, 4.69) is 27.6 Å². The fourth-order valence-electron chi connectivity index (χ4n) is 4.43. The second-order valence-corrected chi connectivity index (χ2v) is 10.0. The van der Waals surface area contributed by atoms with Gasteiger partial charge in [-0.05, 0) is 53.9 Å². The van der Waals surface area contributed by atoms with Crippen molar-refractivity contribution in [1.82, 2.24) is 20.1 Å². The van der Waals surface area contributed by atoms with Gasteiger partial charge in [0.2, 0.25) is 5.91 Å². The van der Waals surface area contributed by atoms with Crippen molar-refractivity contribution in [3.05, 3.63) is 120 Å². The molecule has 1 N–H and O–H groups in total. The van der Waals surface area contributed by atoms with Crippen LogP contribution in [0.15, 0.2) is 114 Å². The van der Waals surface area contributed by atoms with Gasteiger partial charge in [-0.1, -0.05) is 84.6 Å². The van der Waals surface area contributed by atoms with Crippen LogP contribution in [0.3, 0.4) is 0 Å². The van der Waals surface area contributed by atoms with E-state index < -0.39 is 0 Å². The zero-order chi connectivity index (χ0) is 27.7. The number of nitrogens with zero attached hydrogens (tertiary/aromatic N) is 3. The predicted octanol–water partition coefficient (Wildman–Crippen LogP) is 6.14. The molecule has 0 bridgehead atoms. The van der Waals surface area contributed by atoms with Crippen molar-refractivity contribution in [1.29, 1.82) is 0 Å². The van der Waals surface area contributed by atoms with Gasteiger partial charge in [0.1, 0.15) is 11.5 Å². The molecule has 4 aromatic carbocycles. The molecular weight excluding hydrogens is 520 g/mol. The molecular formula is C32H30N4O3S. The summed E-state index contributed by atoms with van der Waals surface area (Å²) in [6, 6.07) is 35.4. The standard InChI is InChI=1S/C32H30N4O3S/c1-38-27-18-16-26(17-19-27)36-31(25-14-9-15-28(21-25)39-2)34-35-32(36)40-22-30(37)33-29(24-12-7-4-8-13-24)20-23-10-5-3-6-11-23/h3-19,21,29H,20,22H2,1-2H3,(H,33,37). The lowest BCUT2D eigenvalue weighted by Gasteiger charge is -2.19. The summed E-state index contributed by atoms with van der Waals surface area (Å²) in [4.78, 5) is 13.3. The first-order chi connectivity index (χ1) is 19.6. The molecule has 40 heavy (non-hydrogen) atoms. The molecule has 0 radical (unpaired) electrons. The third-order valence-corrected chi connectivity index (χ3v) is 7.37. The van der Waals surface area contributed by atoms with Gasteiger partial charge in [-0.25, -0.2) is 0 Å². The highest BCUT2D eigenvalue weighted by molar-refractivity contribution is 7.99. The minimum absolute atomic E-state index is 0.0815. The van der Waals surface area contributed by atoms with Gasteiger partial charge in [0.15, 0.2) is 11.0 Å². The minimum Gasteiger partial charge on any atom is -0.497 e. The molecule has 1 aromatic heterocycles. The Bertz CT molecular complexity index is 1540. The van der Waals surface area contributed by atoms with Gasteiger partial charge >= 0.3 is 0 Å². The molecule has 0 fully saturated rings. The Labute approximate surface area is 238 Å². The van der Waals surface area contributed by atoms with E-state index >= 15 is 0 Å². The molecule has 8 heteroatoms. The van der Waals surface area contributed by atoms with Crippen LogP contribution in [0.1, 0.15) is 17.2 Å². The Morgan fingerprint density at radius 1 is 0.825 bits per heavy atom. The molecule has 7 nitrogen and oxygen atoms in total. The van der Waals surface area contributed by atoms with Crippen LogP contribution in [0, 0.1) is 0 Å². The summed E-state index contributed by atoms with van der Waals surface area (Å²) in [6.45, 7) is 0. The molecule has 0 saturated heterocycles. The number of thioether (sulfide) groups is 1. The largest absolute Gasteiger partial charge is 0.497 e. The maximum atomic E-state index is 13.3. The first-order valence-corrected chi connectivity index (χ1v) is 13.9.